The molecular weight excluding hydrogens is 456 g/mol. The Morgan fingerprint density at radius 1 is 1.33 bits per heavy atom. The van der Waals surface area contributed by atoms with Gasteiger partial charge in [0.15, 0.2) is 5.96 Å². The van der Waals surface area contributed by atoms with Gasteiger partial charge in [-0.05, 0) is 62.6 Å². The number of nitrogens with zero attached hydrogens (tertiary/aromatic N) is 2. The van der Waals surface area contributed by atoms with Gasteiger partial charge in [0.25, 0.3) is 0 Å². The van der Waals surface area contributed by atoms with Gasteiger partial charge in [0, 0.05) is 38.8 Å². The third-order valence-electron chi connectivity index (χ3n) is 5.73. The van der Waals surface area contributed by atoms with Crippen LogP contribution in [-0.2, 0) is 10.2 Å². The summed E-state index contributed by atoms with van der Waals surface area (Å²) in [4.78, 5) is 7.14. The summed E-state index contributed by atoms with van der Waals surface area (Å²) in [6.07, 6.45) is 5.70. The lowest BCUT2D eigenvalue weighted by Crippen LogP contribution is -2.40. The zero-order chi connectivity index (χ0) is 18.4. The van der Waals surface area contributed by atoms with E-state index in [2.05, 4.69) is 24.2 Å². The second-order valence-electron chi connectivity index (χ2n) is 7.73. The van der Waals surface area contributed by atoms with Gasteiger partial charge < -0.3 is 15.0 Å². The molecule has 1 heterocycles. The first kappa shape index (κ1) is 22.4. The predicted molar refractivity (Wildman–Crippen MR) is 119 cm³/mol. The summed E-state index contributed by atoms with van der Waals surface area (Å²) in [6, 6.07) is 7.02. The molecule has 1 aliphatic heterocycles. The topological polar surface area (TPSA) is 36.9 Å². The molecule has 0 radical (unpaired) electrons. The Labute approximate surface area is 180 Å². The zero-order valence-electron chi connectivity index (χ0n) is 16.5. The molecule has 0 aromatic heterocycles. The van der Waals surface area contributed by atoms with Crippen LogP contribution >= 0.6 is 24.0 Å². The highest BCUT2D eigenvalue weighted by Gasteiger charge is 2.44. The Morgan fingerprint density at radius 2 is 2.07 bits per heavy atom. The summed E-state index contributed by atoms with van der Waals surface area (Å²) in [6.45, 7) is 6.48. The molecule has 0 bridgehead atoms. The third-order valence-corrected chi connectivity index (χ3v) is 5.73. The molecule has 1 saturated carbocycles. The van der Waals surface area contributed by atoms with Crippen molar-refractivity contribution in [3.8, 4) is 0 Å². The number of aliphatic imine (C=N–C) groups is 1. The van der Waals surface area contributed by atoms with Gasteiger partial charge in [-0.2, -0.15) is 0 Å². The Morgan fingerprint density at radius 3 is 2.70 bits per heavy atom. The Kier molecular flexibility index (Phi) is 8.79. The first-order chi connectivity index (χ1) is 12.6. The molecule has 1 aromatic carbocycles. The van der Waals surface area contributed by atoms with Crippen LogP contribution in [-0.4, -0.2) is 50.8 Å². The van der Waals surface area contributed by atoms with E-state index in [1.165, 1.54) is 25.3 Å². The van der Waals surface area contributed by atoms with Crippen molar-refractivity contribution in [2.75, 3.05) is 39.9 Å². The number of guanidine groups is 1. The maximum Gasteiger partial charge on any atom is 0.193 e. The average Bonchev–Trinajstić information content (AvgIpc) is 3.45. The maximum absolute atomic E-state index is 13.6. The zero-order valence-corrected chi connectivity index (χ0v) is 18.9. The quantitative estimate of drug-likeness (QED) is 0.355. The van der Waals surface area contributed by atoms with E-state index in [-0.39, 0.29) is 35.2 Å². The van der Waals surface area contributed by atoms with E-state index < -0.39 is 0 Å². The number of benzene rings is 1. The van der Waals surface area contributed by atoms with Gasteiger partial charge in [-0.1, -0.05) is 12.1 Å². The minimum absolute atomic E-state index is 0. The summed E-state index contributed by atoms with van der Waals surface area (Å²) in [5.74, 6) is 1.57. The van der Waals surface area contributed by atoms with Crippen LogP contribution in [0.25, 0.3) is 0 Å². The number of halogens is 2. The maximum atomic E-state index is 13.6. The standard InChI is InChI=1S/C21H32FN3O.HI/c1-3-23-20(25(2)12-7-17-8-13-26-14-9-17)24-16-21(10-11-21)18-5-4-6-19(22)15-18;/h4-6,15,17H,3,7-14,16H2,1-2H3,(H,23,24);1H. The van der Waals surface area contributed by atoms with Crippen LogP contribution in [0.5, 0.6) is 0 Å². The van der Waals surface area contributed by atoms with Crippen molar-refractivity contribution >= 4 is 29.9 Å². The lowest BCUT2D eigenvalue weighted by Gasteiger charge is -2.27. The molecule has 0 amide bonds. The Hall–Kier alpha value is -0.890. The summed E-state index contributed by atoms with van der Waals surface area (Å²) in [7, 11) is 2.11. The number of nitrogens with one attached hydrogen (secondary N) is 1. The monoisotopic (exact) mass is 489 g/mol. The molecule has 6 heteroatoms. The lowest BCUT2D eigenvalue weighted by atomic mass is 9.96. The van der Waals surface area contributed by atoms with Crippen LogP contribution in [0.15, 0.2) is 29.3 Å². The normalized spacial score (nSPS) is 19.3. The van der Waals surface area contributed by atoms with E-state index in [9.17, 15) is 4.39 Å². The summed E-state index contributed by atoms with van der Waals surface area (Å²) in [5, 5.41) is 3.41. The molecular formula is C21H33FIN3O. The first-order valence-corrected chi connectivity index (χ1v) is 9.96. The van der Waals surface area contributed by atoms with E-state index in [1.54, 1.807) is 12.1 Å². The Balaban J connectivity index is 0.00000261. The van der Waals surface area contributed by atoms with Gasteiger partial charge >= 0.3 is 0 Å². The van der Waals surface area contributed by atoms with Crippen molar-refractivity contribution in [3.63, 3.8) is 0 Å². The minimum atomic E-state index is -0.154. The molecule has 1 aliphatic carbocycles. The Bertz CT molecular complexity index is 615. The highest BCUT2D eigenvalue weighted by atomic mass is 127. The number of ether oxygens (including phenoxy) is 1. The van der Waals surface area contributed by atoms with Crippen LogP contribution in [0.3, 0.4) is 0 Å². The first-order valence-electron chi connectivity index (χ1n) is 9.96. The highest BCUT2D eigenvalue weighted by Crippen LogP contribution is 2.48. The van der Waals surface area contributed by atoms with Crippen molar-refractivity contribution in [1.82, 2.24) is 10.2 Å². The largest absolute Gasteiger partial charge is 0.381 e. The molecule has 3 rings (SSSR count). The molecule has 0 spiro atoms. The minimum Gasteiger partial charge on any atom is -0.381 e. The summed E-state index contributed by atoms with van der Waals surface area (Å²) < 4.78 is 19.0. The van der Waals surface area contributed by atoms with E-state index in [0.29, 0.717) is 0 Å². The molecule has 4 nitrogen and oxygen atoms in total. The van der Waals surface area contributed by atoms with Gasteiger partial charge in [0.1, 0.15) is 5.82 Å². The molecule has 27 heavy (non-hydrogen) atoms. The number of hydrogen-bond donors (Lipinski definition) is 1. The van der Waals surface area contributed by atoms with E-state index in [4.69, 9.17) is 9.73 Å². The van der Waals surface area contributed by atoms with E-state index in [1.807, 2.05) is 6.07 Å². The van der Waals surface area contributed by atoms with Crippen molar-refractivity contribution in [2.45, 2.75) is 44.4 Å². The third kappa shape index (κ3) is 6.31. The second-order valence-corrected chi connectivity index (χ2v) is 7.73. The van der Waals surface area contributed by atoms with E-state index >= 15 is 0 Å². The number of rotatable bonds is 7. The van der Waals surface area contributed by atoms with Crippen molar-refractivity contribution in [3.05, 3.63) is 35.6 Å². The highest BCUT2D eigenvalue weighted by molar-refractivity contribution is 14.0. The van der Waals surface area contributed by atoms with Crippen LogP contribution in [0.2, 0.25) is 0 Å². The summed E-state index contributed by atoms with van der Waals surface area (Å²) >= 11 is 0. The van der Waals surface area contributed by atoms with Crippen LogP contribution in [0.4, 0.5) is 4.39 Å². The molecule has 1 saturated heterocycles. The van der Waals surface area contributed by atoms with Crippen LogP contribution in [0, 0.1) is 11.7 Å². The number of hydrogen-bond acceptors (Lipinski definition) is 2. The van der Waals surface area contributed by atoms with Crippen molar-refractivity contribution in [2.24, 2.45) is 10.9 Å². The second kappa shape index (κ2) is 10.6. The fraction of sp³-hybridized carbons (Fsp3) is 0.667. The van der Waals surface area contributed by atoms with E-state index in [0.717, 1.165) is 63.1 Å². The van der Waals surface area contributed by atoms with Gasteiger partial charge in [0.2, 0.25) is 0 Å². The van der Waals surface area contributed by atoms with Crippen molar-refractivity contribution in [1.29, 1.82) is 0 Å². The van der Waals surface area contributed by atoms with Crippen molar-refractivity contribution < 1.29 is 9.13 Å². The molecule has 152 valence electrons. The molecule has 2 aliphatic rings. The SMILES string of the molecule is CCNC(=NCC1(c2cccc(F)c2)CC1)N(C)CCC1CCOCC1.I. The lowest BCUT2D eigenvalue weighted by molar-refractivity contribution is 0.0625. The van der Waals surface area contributed by atoms with Crippen LogP contribution in [0.1, 0.15) is 44.6 Å². The summed E-state index contributed by atoms with van der Waals surface area (Å²) in [5.41, 5.74) is 1.12. The molecule has 1 N–H and O–H groups in total. The molecule has 0 unspecified atom stereocenters. The van der Waals surface area contributed by atoms with Gasteiger partial charge in [-0.3, -0.25) is 4.99 Å². The van der Waals surface area contributed by atoms with Gasteiger partial charge in [-0.25, -0.2) is 4.39 Å². The molecule has 2 fully saturated rings. The van der Waals surface area contributed by atoms with Crippen LogP contribution < -0.4 is 5.32 Å². The van der Waals surface area contributed by atoms with Gasteiger partial charge in [-0.15, -0.1) is 24.0 Å². The average molecular weight is 489 g/mol. The predicted octanol–water partition coefficient (Wildman–Crippen LogP) is 4.19. The molecule has 0 atom stereocenters. The fourth-order valence-corrected chi connectivity index (χ4v) is 3.72. The fourth-order valence-electron chi connectivity index (χ4n) is 3.72. The van der Waals surface area contributed by atoms with Gasteiger partial charge in [0.05, 0.1) is 6.54 Å². The molecule has 1 aromatic rings. The smallest absolute Gasteiger partial charge is 0.193 e.